The van der Waals surface area contributed by atoms with E-state index in [-0.39, 0.29) is 18.5 Å². The lowest BCUT2D eigenvalue weighted by molar-refractivity contribution is -0.318. The Labute approximate surface area is 82.6 Å². The third kappa shape index (κ3) is 1.66. The minimum Gasteiger partial charge on any atom is -0.388 e. The maximum absolute atomic E-state index is 9.75. The van der Waals surface area contributed by atoms with Crippen LogP contribution in [0.25, 0.3) is 0 Å². The summed E-state index contributed by atoms with van der Waals surface area (Å²) in [5.74, 6) is 0. The molecule has 0 aromatic carbocycles. The summed E-state index contributed by atoms with van der Waals surface area (Å²) in [5, 5.41) is 19.3. The Morgan fingerprint density at radius 3 is 2.50 bits per heavy atom. The zero-order valence-electron chi connectivity index (χ0n) is 8.29. The van der Waals surface area contributed by atoms with E-state index in [1.165, 1.54) is 0 Å². The van der Waals surface area contributed by atoms with Crippen LogP contribution in [0.15, 0.2) is 0 Å². The van der Waals surface area contributed by atoms with Crippen LogP contribution in [0.1, 0.15) is 13.8 Å². The van der Waals surface area contributed by atoms with E-state index < -0.39 is 18.3 Å². The van der Waals surface area contributed by atoms with Crippen LogP contribution in [-0.4, -0.2) is 53.6 Å². The number of rotatable bonds is 0. The molecule has 2 aliphatic heterocycles. The normalized spacial score (nSPS) is 54.0. The van der Waals surface area contributed by atoms with Gasteiger partial charge < -0.3 is 24.4 Å². The maximum atomic E-state index is 9.75. The molecule has 0 bridgehead atoms. The summed E-state index contributed by atoms with van der Waals surface area (Å²) in [6.07, 6.45) is -3.27. The Morgan fingerprint density at radius 1 is 1.07 bits per heavy atom. The lowest BCUT2D eigenvalue weighted by Gasteiger charge is -2.45. The highest BCUT2D eigenvalue weighted by Crippen LogP contribution is 2.27. The quantitative estimate of drug-likeness (QED) is 0.544. The number of aliphatic hydroxyl groups excluding tert-OH is 2. The summed E-state index contributed by atoms with van der Waals surface area (Å²) in [5.41, 5.74) is 0. The van der Waals surface area contributed by atoms with Gasteiger partial charge in [0.1, 0.15) is 24.4 Å². The van der Waals surface area contributed by atoms with E-state index in [4.69, 9.17) is 14.2 Å². The number of ether oxygens (including phenoxy) is 3. The van der Waals surface area contributed by atoms with Gasteiger partial charge in [-0.3, -0.25) is 0 Å². The first-order chi connectivity index (χ1) is 6.59. The van der Waals surface area contributed by atoms with E-state index >= 15 is 0 Å². The van der Waals surface area contributed by atoms with Crippen molar-refractivity contribution in [3.63, 3.8) is 0 Å². The van der Waals surface area contributed by atoms with E-state index in [2.05, 4.69) is 0 Å². The highest BCUT2D eigenvalue weighted by molar-refractivity contribution is 4.92. The summed E-state index contributed by atoms with van der Waals surface area (Å²) < 4.78 is 16.1. The molecule has 6 atom stereocenters. The molecule has 0 aromatic rings. The first-order valence-corrected chi connectivity index (χ1v) is 4.88. The van der Waals surface area contributed by atoms with Gasteiger partial charge in [0, 0.05) is 0 Å². The fraction of sp³-hybridized carbons (Fsp3) is 1.00. The summed E-state index contributed by atoms with van der Waals surface area (Å²) >= 11 is 0. The third-order valence-electron chi connectivity index (χ3n) is 2.77. The van der Waals surface area contributed by atoms with Gasteiger partial charge in [-0.05, 0) is 13.8 Å². The molecular formula is C9H16O5. The molecule has 0 amide bonds. The van der Waals surface area contributed by atoms with Gasteiger partial charge in [-0.15, -0.1) is 0 Å². The van der Waals surface area contributed by atoms with Crippen molar-refractivity contribution in [3.05, 3.63) is 0 Å². The van der Waals surface area contributed by atoms with Crippen molar-refractivity contribution < 1.29 is 24.4 Å². The number of hydrogen-bond donors (Lipinski definition) is 2. The number of hydrogen-bond acceptors (Lipinski definition) is 5. The van der Waals surface area contributed by atoms with Crippen LogP contribution in [0.5, 0.6) is 0 Å². The monoisotopic (exact) mass is 204 g/mol. The van der Waals surface area contributed by atoms with E-state index in [0.29, 0.717) is 6.61 Å². The van der Waals surface area contributed by atoms with Gasteiger partial charge in [0.05, 0.1) is 12.7 Å². The molecule has 0 saturated carbocycles. The van der Waals surface area contributed by atoms with Crippen molar-refractivity contribution in [1.29, 1.82) is 0 Å². The van der Waals surface area contributed by atoms with Gasteiger partial charge in [-0.1, -0.05) is 0 Å². The van der Waals surface area contributed by atoms with Crippen LogP contribution in [0.3, 0.4) is 0 Å². The van der Waals surface area contributed by atoms with Crippen LogP contribution < -0.4 is 0 Å². The molecule has 0 aliphatic carbocycles. The number of fused-ring (bicyclic) bond motifs is 1. The standard InChI is InChI=1S/C9H16O5/c1-4-7(10)8(11)9-6(13-4)3-12-5(2)14-9/h4-11H,3H2,1-2H3/t4-,5+,6+,7-,8+,9+/m0/s1. The van der Waals surface area contributed by atoms with Gasteiger partial charge >= 0.3 is 0 Å². The highest BCUT2D eigenvalue weighted by Gasteiger charge is 2.46. The molecule has 0 spiro atoms. The van der Waals surface area contributed by atoms with Gasteiger partial charge in [-0.25, -0.2) is 0 Å². The molecule has 0 radical (unpaired) electrons. The van der Waals surface area contributed by atoms with Gasteiger partial charge in [0.2, 0.25) is 0 Å². The molecule has 0 unspecified atom stereocenters. The third-order valence-corrected chi connectivity index (χ3v) is 2.77. The fourth-order valence-corrected chi connectivity index (χ4v) is 1.92. The lowest BCUT2D eigenvalue weighted by Crippen LogP contribution is -2.61. The summed E-state index contributed by atoms with van der Waals surface area (Å²) in [4.78, 5) is 0. The van der Waals surface area contributed by atoms with Crippen LogP contribution in [0, 0.1) is 0 Å². The van der Waals surface area contributed by atoms with Crippen molar-refractivity contribution in [3.8, 4) is 0 Å². The van der Waals surface area contributed by atoms with Crippen molar-refractivity contribution in [2.75, 3.05) is 6.61 Å². The van der Waals surface area contributed by atoms with E-state index in [1.54, 1.807) is 13.8 Å². The van der Waals surface area contributed by atoms with Crippen molar-refractivity contribution in [2.24, 2.45) is 0 Å². The molecule has 14 heavy (non-hydrogen) atoms. The lowest BCUT2D eigenvalue weighted by atomic mass is 9.95. The molecular weight excluding hydrogens is 188 g/mol. The van der Waals surface area contributed by atoms with Gasteiger partial charge in [-0.2, -0.15) is 0 Å². The summed E-state index contributed by atoms with van der Waals surface area (Å²) in [6, 6.07) is 0. The Bertz CT molecular complexity index is 207. The molecule has 82 valence electrons. The second kappa shape index (κ2) is 3.75. The SMILES string of the molecule is C[C@@H]1OC[C@H]2O[C@@H](C)[C@H](O)[C@@H](O)[C@@H]2O1. The smallest absolute Gasteiger partial charge is 0.155 e. The Balaban J connectivity index is 2.08. The predicted molar refractivity (Wildman–Crippen MR) is 46.6 cm³/mol. The Morgan fingerprint density at radius 2 is 1.79 bits per heavy atom. The van der Waals surface area contributed by atoms with E-state index in [1.807, 2.05) is 0 Å². The molecule has 5 nitrogen and oxygen atoms in total. The molecule has 2 aliphatic rings. The van der Waals surface area contributed by atoms with Crippen molar-refractivity contribution in [1.82, 2.24) is 0 Å². The maximum Gasteiger partial charge on any atom is 0.155 e. The van der Waals surface area contributed by atoms with Crippen LogP contribution >= 0.6 is 0 Å². The second-order valence-electron chi connectivity index (χ2n) is 3.86. The minimum absolute atomic E-state index is 0.278. The molecule has 2 saturated heterocycles. The fourth-order valence-electron chi connectivity index (χ4n) is 1.92. The molecule has 5 heteroatoms. The second-order valence-corrected chi connectivity index (χ2v) is 3.86. The average Bonchev–Trinajstić information content (AvgIpc) is 2.16. The summed E-state index contributed by atoms with van der Waals surface area (Å²) in [7, 11) is 0. The highest BCUT2D eigenvalue weighted by atomic mass is 16.7. The zero-order valence-corrected chi connectivity index (χ0v) is 8.29. The molecule has 2 N–H and O–H groups in total. The molecule has 0 aromatic heterocycles. The first kappa shape index (κ1) is 10.3. The van der Waals surface area contributed by atoms with Crippen LogP contribution in [0.4, 0.5) is 0 Å². The van der Waals surface area contributed by atoms with Gasteiger partial charge in [0.15, 0.2) is 6.29 Å². The van der Waals surface area contributed by atoms with Crippen LogP contribution in [-0.2, 0) is 14.2 Å². The topological polar surface area (TPSA) is 68.2 Å². The largest absolute Gasteiger partial charge is 0.388 e. The first-order valence-electron chi connectivity index (χ1n) is 4.88. The average molecular weight is 204 g/mol. The van der Waals surface area contributed by atoms with Gasteiger partial charge in [0.25, 0.3) is 0 Å². The molecule has 2 rings (SSSR count). The van der Waals surface area contributed by atoms with E-state index in [9.17, 15) is 10.2 Å². The Hall–Kier alpha value is -0.200. The molecule has 2 fully saturated rings. The summed E-state index contributed by atoms with van der Waals surface area (Å²) in [6.45, 7) is 3.88. The number of aliphatic hydroxyl groups is 2. The Kier molecular flexibility index (Phi) is 2.77. The van der Waals surface area contributed by atoms with E-state index in [0.717, 1.165) is 0 Å². The van der Waals surface area contributed by atoms with Crippen molar-refractivity contribution >= 4 is 0 Å². The van der Waals surface area contributed by atoms with Crippen molar-refractivity contribution in [2.45, 2.75) is 50.7 Å². The minimum atomic E-state index is -0.893. The van der Waals surface area contributed by atoms with Crippen LogP contribution in [0.2, 0.25) is 0 Å². The zero-order chi connectivity index (χ0) is 10.3. The predicted octanol–water partition coefficient (Wildman–Crippen LogP) is -0.743. The molecule has 2 heterocycles.